The summed E-state index contributed by atoms with van der Waals surface area (Å²) in [6.07, 6.45) is 3.61. The normalized spacial score (nSPS) is 23.6. The molecule has 2 fully saturated rings. The molecular weight excluding hydrogens is 335 g/mol. The largest absolute Gasteiger partial charge is 0.381 e. The third-order valence-electron chi connectivity index (χ3n) is 4.81. The summed E-state index contributed by atoms with van der Waals surface area (Å²) < 4.78 is 5.49. The van der Waals surface area contributed by atoms with Crippen LogP contribution in [0.4, 0.5) is 0 Å². The number of nitrogens with one attached hydrogen (secondary N) is 2. The molecule has 0 radical (unpaired) electrons. The van der Waals surface area contributed by atoms with Crippen LogP contribution in [0.25, 0.3) is 0 Å². The number of amides is 1. The number of ether oxygens (including phenoxy) is 1. The summed E-state index contributed by atoms with van der Waals surface area (Å²) in [5, 5.41) is 7.30. The van der Waals surface area contributed by atoms with E-state index in [-0.39, 0.29) is 24.4 Å². The van der Waals surface area contributed by atoms with E-state index < -0.39 is 5.41 Å². The molecule has 2 saturated heterocycles. The maximum atomic E-state index is 13.0. The van der Waals surface area contributed by atoms with Gasteiger partial charge in [-0.25, -0.2) is 0 Å². The lowest BCUT2D eigenvalue weighted by Crippen LogP contribution is -2.54. The molecule has 1 atom stereocenters. The zero-order chi connectivity index (χ0) is 15.4. The van der Waals surface area contributed by atoms with Crippen molar-refractivity contribution in [1.82, 2.24) is 10.6 Å². The van der Waals surface area contributed by atoms with E-state index in [0.29, 0.717) is 18.2 Å². The van der Waals surface area contributed by atoms with Crippen molar-refractivity contribution in [3.63, 3.8) is 0 Å². The van der Waals surface area contributed by atoms with Gasteiger partial charge in [0.05, 0.1) is 5.41 Å². The topological polar surface area (TPSA) is 50.4 Å². The van der Waals surface area contributed by atoms with E-state index in [9.17, 15) is 4.79 Å². The average molecular weight is 359 g/mol. The third kappa shape index (κ3) is 4.18. The molecule has 2 aliphatic heterocycles. The van der Waals surface area contributed by atoms with Gasteiger partial charge in [0.25, 0.3) is 0 Å². The molecule has 4 nitrogen and oxygen atoms in total. The van der Waals surface area contributed by atoms with E-state index in [4.69, 9.17) is 16.3 Å². The van der Waals surface area contributed by atoms with Gasteiger partial charge in [-0.2, -0.15) is 0 Å². The molecule has 6 heteroatoms. The van der Waals surface area contributed by atoms with Crippen LogP contribution in [0.5, 0.6) is 0 Å². The van der Waals surface area contributed by atoms with Crippen LogP contribution in [0.3, 0.4) is 0 Å². The quantitative estimate of drug-likeness (QED) is 0.873. The van der Waals surface area contributed by atoms with Gasteiger partial charge < -0.3 is 15.4 Å². The van der Waals surface area contributed by atoms with Gasteiger partial charge in [-0.15, -0.1) is 12.4 Å². The highest BCUT2D eigenvalue weighted by atomic mass is 35.5. The highest BCUT2D eigenvalue weighted by Crippen LogP contribution is 2.36. The first kappa shape index (κ1) is 18.5. The molecule has 2 heterocycles. The van der Waals surface area contributed by atoms with Gasteiger partial charge in [0, 0.05) is 30.8 Å². The lowest BCUT2D eigenvalue weighted by Gasteiger charge is -2.38. The Morgan fingerprint density at radius 2 is 1.96 bits per heavy atom. The number of benzene rings is 1. The summed E-state index contributed by atoms with van der Waals surface area (Å²) in [5.41, 5.74) is 0.557. The predicted molar refractivity (Wildman–Crippen MR) is 94.5 cm³/mol. The highest BCUT2D eigenvalue weighted by Gasteiger charge is 2.42. The van der Waals surface area contributed by atoms with Gasteiger partial charge in [0.1, 0.15) is 0 Å². The molecular formula is C17H24Cl2N2O2. The summed E-state index contributed by atoms with van der Waals surface area (Å²) in [5.74, 6) is 0.131. The molecule has 1 aromatic carbocycles. The maximum Gasteiger partial charge on any atom is 0.231 e. The molecule has 23 heavy (non-hydrogen) atoms. The van der Waals surface area contributed by atoms with Gasteiger partial charge in [-0.05, 0) is 49.9 Å². The van der Waals surface area contributed by atoms with Crippen LogP contribution >= 0.6 is 24.0 Å². The van der Waals surface area contributed by atoms with Crippen molar-refractivity contribution in [3.05, 3.63) is 34.9 Å². The van der Waals surface area contributed by atoms with E-state index in [0.717, 1.165) is 44.3 Å². The number of hydrogen-bond acceptors (Lipinski definition) is 3. The summed E-state index contributed by atoms with van der Waals surface area (Å²) in [4.78, 5) is 13.0. The van der Waals surface area contributed by atoms with E-state index in [1.807, 2.05) is 24.3 Å². The van der Waals surface area contributed by atoms with Crippen molar-refractivity contribution in [3.8, 4) is 0 Å². The van der Waals surface area contributed by atoms with E-state index in [2.05, 4.69) is 10.6 Å². The lowest BCUT2D eigenvalue weighted by atomic mass is 9.73. The molecule has 0 unspecified atom stereocenters. The van der Waals surface area contributed by atoms with Gasteiger partial charge in [0.15, 0.2) is 0 Å². The number of carbonyl (C=O) groups excluding carboxylic acids is 1. The molecule has 0 spiro atoms. The van der Waals surface area contributed by atoms with E-state index in [1.54, 1.807) is 0 Å². The van der Waals surface area contributed by atoms with Gasteiger partial charge >= 0.3 is 0 Å². The number of halogens is 2. The molecule has 0 aliphatic carbocycles. The van der Waals surface area contributed by atoms with Gasteiger partial charge in [-0.1, -0.05) is 23.7 Å². The fourth-order valence-corrected chi connectivity index (χ4v) is 3.56. The zero-order valence-electron chi connectivity index (χ0n) is 13.1. The summed E-state index contributed by atoms with van der Waals surface area (Å²) in [6, 6.07) is 7.92. The molecule has 3 rings (SSSR count). The second-order valence-corrected chi connectivity index (χ2v) is 6.65. The lowest BCUT2D eigenvalue weighted by molar-refractivity contribution is -0.131. The molecule has 2 N–H and O–H groups in total. The second kappa shape index (κ2) is 8.34. The molecule has 2 aliphatic rings. The van der Waals surface area contributed by atoms with Gasteiger partial charge in [0.2, 0.25) is 5.91 Å². The monoisotopic (exact) mass is 358 g/mol. The van der Waals surface area contributed by atoms with Crippen LogP contribution < -0.4 is 10.6 Å². The third-order valence-corrected chi connectivity index (χ3v) is 5.06. The Morgan fingerprint density at radius 3 is 2.57 bits per heavy atom. The standard InChI is InChI=1S/C17H23ClN2O2.ClH/c18-14-5-3-13(4-6-14)17(7-10-22-11-8-17)16(21)20-15-2-1-9-19-12-15;/h3-6,15,19H,1-2,7-12H2,(H,20,21);1H/t15-;/m0./s1. The van der Waals surface area contributed by atoms with Crippen molar-refractivity contribution in [2.75, 3.05) is 26.3 Å². The van der Waals surface area contributed by atoms with Crippen LogP contribution in [0.15, 0.2) is 24.3 Å². The Balaban J connectivity index is 0.00000192. The number of rotatable bonds is 3. The smallest absolute Gasteiger partial charge is 0.231 e. The Bertz CT molecular complexity index is 510. The molecule has 0 aromatic heterocycles. The molecule has 0 bridgehead atoms. The van der Waals surface area contributed by atoms with Crippen molar-refractivity contribution < 1.29 is 9.53 Å². The van der Waals surface area contributed by atoms with Crippen LogP contribution in [0.2, 0.25) is 5.02 Å². The first-order valence-electron chi connectivity index (χ1n) is 8.06. The number of carbonyl (C=O) groups is 1. The first-order chi connectivity index (χ1) is 10.7. The second-order valence-electron chi connectivity index (χ2n) is 6.22. The number of piperidine rings is 1. The van der Waals surface area contributed by atoms with Crippen LogP contribution in [0.1, 0.15) is 31.2 Å². The minimum atomic E-state index is -0.486. The van der Waals surface area contributed by atoms with E-state index in [1.165, 1.54) is 0 Å². The Labute approximate surface area is 148 Å². The van der Waals surface area contributed by atoms with Crippen molar-refractivity contribution >= 4 is 29.9 Å². The number of hydrogen-bond donors (Lipinski definition) is 2. The average Bonchev–Trinajstić information content (AvgIpc) is 2.57. The molecule has 128 valence electrons. The van der Waals surface area contributed by atoms with Crippen molar-refractivity contribution in [2.45, 2.75) is 37.1 Å². The Morgan fingerprint density at radius 1 is 1.26 bits per heavy atom. The maximum absolute atomic E-state index is 13.0. The summed E-state index contributed by atoms with van der Waals surface area (Å²) >= 11 is 6.00. The Kier molecular flexibility index (Phi) is 6.72. The first-order valence-corrected chi connectivity index (χ1v) is 8.44. The fourth-order valence-electron chi connectivity index (χ4n) is 3.43. The minimum absolute atomic E-state index is 0. The zero-order valence-corrected chi connectivity index (χ0v) is 14.7. The van der Waals surface area contributed by atoms with E-state index >= 15 is 0 Å². The van der Waals surface area contributed by atoms with Crippen LogP contribution in [-0.4, -0.2) is 38.3 Å². The summed E-state index contributed by atoms with van der Waals surface area (Å²) in [7, 11) is 0. The fraction of sp³-hybridized carbons (Fsp3) is 0.588. The Hall–Kier alpha value is -0.810. The SMILES string of the molecule is Cl.O=C(N[C@H]1CCCNC1)C1(c2ccc(Cl)cc2)CCOCC1. The predicted octanol–water partition coefficient (Wildman–Crippen LogP) is 2.68. The van der Waals surface area contributed by atoms with Crippen LogP contribution in [-0.2, 0) is 14.9 Å². The minimum Gasteiger partial charge on any atom is -0.381 e. The highest BCUT2D eigenvalue weighted by molar-refractivity contribution is 6.30. The summed E-state index contributed by atoms with van der Waals surface area (Å²) in [6.45, 7) is 3.15. The van der Waals surface area contributed by atoms with Crippen LogP contribution in [0, 0.1) is 0 Å². The molecule has 0 saturated carbocycles. The molecule has 1 amide bonds. The van der Waals surface area contributed by atoms with Crippen molar-refractivity contribution in [2.24, 2.45) is 0 Å². The molecule has 1 aromatic rings. The van der Waals surface area contributed by atoms with Gasteiger partial charge in [-0.3, -0.25) is 4.79 Å². The van der Waals surface area contributed by atoms with Crippen molar-refractivity contribution in [1.29, 1.82) is 0 Å².